The number of nitrogens with one attached hydrogen (secondary N) is 1. The van der Waals surface area contributed by atoms with Crippen LogP contribution in [0.1, 0.15) is 23.6 Å². The molecule has 128 valence electrons. The van der Waals surface area contributed by atoms with Gasteiger partial charge in [-0.25, -0.2) is 4.99 Å². The molecule has 0 fully saturated rings. The Kier molecular flexibility index (Phi) is 5.46. The largest absolute Gasteiger partial charge is 0.370 e. The number of anilines is 1. The van der Waals surface area contributed by atoms with Crippen molar-refractivity contribution in [3.8, 4) is 0 Å². The van der Waals surface area contributed by atoms with Gasteiger partial charge in [0.2, 0.25) is 0 Å². The highest BCUT2D eigenvalue weighted by atomic mass is 15.3. The molecule has 1 heterocycles. The number of rotatable bonds is 6. The van der Waals surface area contributed by atoms with Crippen molar-refractivity contribution in [3.05, 3.63) is 83.7 Å². The third-order valence-electron chi connectivity index (χ3n) is 3.91. The van der Waals surface area contributed by atoms with Crippen LogP contribution < -0.4 is 11.1 Å². The van der Waals surface area contributed by atoms with Crippen molar-refractivity contribution in [2.75, 3.05) is 5.32 Å². The number of hydrogen-bond acceptors (Lipinski definition) is 2. The minimum atomic E-state index is 0.407. The Morgan fingerprint density at radius 3 is 2.68 bits per heavy atom. The van der Waals surface area contributed by atoms with E-state index in [-0.39, 0.29) is 0 Å². The van der Waals surface area contributed by atoms with Gasteiger partial charge < -0.3 is 11.1 Å². The van der Waals surface area contributed by atoms with Crippen molar-refractivity contribution >= 4 is 11.6 Å². The molecule has 0 aliphatic rings. The minimum Gasteiger partial charge on any atom is -0.370 e. The maximum Gasteiger partial charge on any atom is 0.193 e. The van der Waals surface area contributed by atoms with Crippen molar-refractivity contribution in [1.29, 1.82) is 0 Å². The van der Waals surface area contributed by atoms with Crippen LogP contribution in [0.15, 0.2) is 72.0 Å². The van der Waals surface area contributed by atoms with Crippen LogP contribution in [0.3, 0.4) is 0 Å². The number of nitrogens with zero attached hydrogens (tertiary/aromatic N) is 3. The third-order valence-corrected chi connectivity index (χ3v) is 3.91. The number of aromatic nitrogens is 2. The SMILES string of the molecule is CCc1cccc(NC(N)=NCc2cnn(Cc3ccccc3)c2)c1. The Hall–Kier alpha value is -3.08. The van der Waals surface area contributed by atoms with Crippen LogP contribution in [0.5, 0.6) is 0 Å². The fourth-order valence-corrected chi connectivity index (χ4v) is 2.58. The molecule has 0 bridgehead atoms. The Morgan fingerprint density at radius 2 is 1.88 bits per heavy atom. The molecule has 3 N–H and O–H groups in total. The summed E-state index contributed by atoms with van der Waals surface area (Å²) in [6.45, 7) is 3.38. The lowest BCUT2D eigenvalue weighted by atomic mass is 10.1. The second kappa shape index (κ2) is 8.15. The molecular weight excluding hydrogens is 310 g/mol. The fourth-order valence-electron chi connectivity index (χ4n) is 2.58. The van der Waals surface area contributed by atoms with Crippen LogP contribution in [-0.4, -0.2) is 15.7 Å². The fraction of sp³-hybridized carbons (Fsp3) is 0.200. The zero-order chi connectivity index (χ0) is 17.5. The first kappa shape index (κ1) is 16.8. The third kappa shape index (κ3) is 4.94. The van der Waals surface area contributed by atoms with E-state index in [1.807, 2.05) is 47.4 Å². The van der Waals surface area contributed by atoms with E-state index in [4.69, 9.17) is 5.73 Å². The summed E-state index contributed by atoms with van der Waals surface area (Å²) in [5.74, 6) is 0.407. The van der Waals surface area contributed by atoms with E-state index in [1.165, 1.54) is 11.1 Å². The van der Waals surface area contributed by atoms with Crippen molar-refractivity contribution in [2.24, 2.45) is 10.7 Å². The van der Waals surface area contributed by atoms with E-state index in [0.717, 1.165) is 24.2 Å². The molecule has 0 atom stereocenters. The summed E-state index contributed by atoms with van der Waals surface area (Å²) in [4.78, 5) is 4.40. The van der Waals surface area contributed by atoms with Crippen molar-refractivity contribution in [2.45, 2.75) is 26.4 Å². The van der Waals surface area contributed by atoms with Gasteiger partial charge in [0.1, 0.15) is 0 Å². The van der Waals surface area contributed by atoms with Gasteiger partial charge in [0.25, 0.3) is 0 Å². The number of hydrogen-bond donors (Lipinski definition) is 2. The van der Waals surface area contributed by atoms with Gasteiger partial charge in [-0.1, -0.05) is 49.4 Å². The highest BCUT2D eigenvalue weighted by molar-refractivity contribution is 5.92. The zero-order valence-electron chi connectivity index (χ0n) is 14.4. The summed E-state index contributed by atoms with van der Waals surface area (Å²) in [5, 5.41) is 7.52. The van der Waals surface area contributed by atoms with E-state index in [2.05, 4.69) is 46.6 Å². The number of nitrogens with two attached hydrogens (primary N) is 1. The summed E-state index contributed by atoms with van der Waals surface area (Å²) in [7, 11) is 0. The number of aliphatic imine (C=N–C) groups is 1. The van der Waals surface area contributed by atoms with E-state index in [0.29, 0.717) is 12.5 Å². The maximum absolute atomic E-state index is 5.99. The predicted molar refractivity (Wildman–Crippen MR) is 103 cm³/mol. The molecular formula is C20H23N5. The Bertz CT molecular complexity index is 836. The van der Waals surface area contributed by atoms with Crippen LogP contribution in [0.2, 0.25) is 0 Å². The first-order valence-corrected chi connectivity index (χ1v) is 8.44. The lowest BCUT2D eigenvalue weighted by Crippen LogP contribution is -2.22. The van der Waals surface area contributed by atoms with Gasteiger partial charge in [-0.15, -0.1) is 0 Å². The van der Waals surface area contributed by atoms with E-state index in [9.17, 15) is 0 Å². The summed E-state index contributed by atoms with van der Waals surface area (Å²) in [5.41, 5.74) is 10.5. The highest BCUT2D eigenvalue weighted by Gasteiger charge is 2.01. The van der Waals surface area contributed by atoms with E-state index >= 15 is 0 Å². The maximum atomic E-state index is 5.99. The summed E-state index contributed by atoms with van der Waals surface area (Å²) < 4.78 is 1.91. The second-order valence-corrected chi connectivity index (χ2v) is 5.91. The molecule has 3 rings (SSSR count). The molecule has 0 spiro atoms. The molecule has 0 saturated carbocycles. The molecule has 3 aromatic rings. The quantitative estimate of drug-likeness (QED) is 0.536. The lowest BCUT2D eigenvalue weighted by molar-refractivity contribution is 0.686. The van der Waals surface area contributed by atoms with Crippen molar-refractivity contribution < 1.29 is 0 Å². The van der Waals surface area contributed by atoms with Gasteiger partial charge >= 0.3 is 0 Å². The molecule has 0 unspecified atom stereocenters. The number of benzene rings is 2. The van der Waals surface area contributed by atoms with E-state index < -0.39 is 0 Å². The van der Waals surface area contributed by atoms with Crippen LogP contribution in [-0.2, 0) is 19.5 Å². The average Bonchev–Trinajstić information content (AvgIpc) is 3.08. The molecule has 5 nitrogen and oxygen atoms in total. The Labute approximate surface area is 148 Å². The Balaban J connectivity index is 1.57. The Morgan fingerprint density at radius 1 is 1.08 bits per heavy atom. The molecule has 0 aliphatic carbocycles. The molecule has 0 saturated heterocycles. The van der Waals surface area contributed by atoms with Gasteiger partial charge in [0, 0.05) is 17.4 Å². The molecule has 25 heavy (non-hydrogen) atoms. The van der Waals surface area contributed by atoms with E-state index in [1.54, 1.807) is 0 Å². The van der Waals surface area contributed by atoms with Crippen LogP contribution in [0, 0.1) is 0 Å². The molecule has 0 amide bonds. The topological polar surface area (TPSA) is 68.2 Å². The molecule has 0 radical (unpaired) electrons. The molecule has 0 aliphatic heterocycles. The summed E-state index contributed by atoms with van der Waals surface area (Å²) in [6, 6.07) is 18.4. The second-order valence-electron chi connectivity index (χ2n) is 5.91. The standard InChI is InChI=1S/C20H23N5/c1-2-16-9-6-10-19(11-16)24-20(21)22-12-18-13-23-25(15-18)14-17-7-4-3-5-8-17/h3-11,13,15H,2,12,14H2,1H3,(H3,21,22,24). The van der Waals surface area contributed by atoms with Crippen molar-refractivity contribution in [3.63, 3.8) is 0 Å². The van der Waals surface area contributed by atoms with Gasteiger partial charge in [0.15, 0.2) is 5.96 Å². The first-order chi connectivity index (χ1) is 12.2. The first-order valence-electron chi connectivity index (χ1n) is 8.44. The monoisotopic (exact) mass is 333 g/mol. The smallest absolute Gasteiger partial charge is 0.193 e. The minimum absolute atomic E-state index is 0.407. The molecule has 5 heteroatoms. The number of guanidine groups is 1. The van der Waals surface area contributed by atoms with Gasteiger partial charge in [-0.2, -0.15) is 5.10 Å². The van der Waals surface area contributed by atoms with Crippen LogP contribution in [0.25, 0.3) is 0 Å². The van der Waals surface area contributed by atoms with Crippen LogP contribution in [0.4, 0.5) is 5.69 Å². The molecule has 1 aromatic heterocycles. The zero-order valence-corrected chi connectivity index (χ0v) is 14.4. The van der Waals surface area contributed by atoms with Gasteiger partial charge in [0.05, 0.1) is 19.3 Å². The lowest BCUT2D eigenvalue weighted by Gasteiger charge is -2.06. The van der Waals surface area contributed by atoms with Crippen LogP contribution >= 0.6 is 0 Å². The predicted octanol–water partition coefficient (Wildman–Crippen LogP) is 3.42. The highest BCUT2D eigenvalue weighted by Crippen LogP contribution is 2.11. The summed E-state index contributed by atoms with van der Waals surface area (Å²) in [6.07, 6.45) is 4.83. The normalized spacial score (nSPS) is 11.5. The van der Waals surface area contributed by atoms with Crippen molar-refractivity contribution in [1.82, 2.24) is 9.78 Å². The summed E-state index contributed by atoms with van der Waals surface area (Å²) >= 11 is 0. The average molecular weight is 333 g/mol. The van der Waals surface area contributed by atoms with Gasteiger partial charge in [-0.05, 0) is 29.7 Å². The molecule has 2 aromatic carbocycles. The number of aryl methyl sites for hydroxylation is 1. The van der Waals surface area contributed by atoms with Gasteiger partial charge in [-0.3, -0.25) is 4.68 Å².